The number of amides is 1. The van der Waals surface area contributed by atoms with Crippen LogP contribution in [-0.2, 0) is 4.74 Å². The molecule has 2 bridgehead atoms. The number of nitrogens with zero attached hydrogens (tertiary/aromatic N) is 3. The molecule has 92 valence electrons. The zero-order chi connectivity index (χ0) is 12.5. The van der Waals surface area contributed by atoms with E-state index in [-0.39, 0.29) is 23.8 Å². The molecule has 0 saturated carbocycles. The van der Waals surface area contributed by atoms with E-state index in [0.29, 0.717) is 18.7 Å². The highest BCUT2D eigenvalue weighted by molar-refractivity contribution is 5.94. The molecule has 2 aliphatic heterocycles. The SMILES string of the molecule is N#Cc1cc(C(=O)N2CC3CCC(C2)O3)ccn1. The third-order valence-electron chi connectivity index (χ3n) is 3.45. The lowest BCUT2D eigenvalue weighted by Crippen LogP contribution is -2.45. The van der Waals surface area contributed by atoms with Gasteiger partial charge in [0.15, 0.2) is 0 Å². The average Bonchev–Trinajstić information content (AvgIpc) is 2.76. The number of carbonyl (C=O) groups is 1. The van der Waals surface area contributed by atoms with E-state index >= 15 is 0 Å². The third-order valence-corrected chi connectivity index (χ3v) is 3.45. The van der Waals surface area contributed by atoms with Gasteiger partial charge in [-0.2, -0.15) is 5.26 Å². The van der Waals surface area contributed by atoms with E-state index in [9.17, 15) is 4.79 Å². The molecule has 5 nitrogen and oxygen atoms in total. The molecule has 0 aromatic carbocycles. The van der Waals surface area contributed by atoms with Crippen LogP contribution in [0.3, 0.4) is 0 Å². The Hall–Kier alpha value is -1.93. The smallest absolute Gasteiger partial charge is 0.254 e. The molecule has 1 amide bonds. The van der Waals surface area contributed by atoms with Crippen LogP contribution in [0.15, 0.2) is 18.3 Å². The molecular formula is C13H13N3O2. The van der Waals surface area contributed by atoms with E-state index in [1.807, 2.05) is 11.0 Å². The Morgan fingerprint density at radius 1 is 1.44 bits per heavy atom. The lowest BCUT2D eigenvalue weighted by atomic mass is 10.2. The number of ether oxygens (including phenoxy) is 1. The Labute approximate surface area is 105 Å². The molecule has 5 heteroatoms. The molecule has 0 aliphatic carbocycles. The van der Waals surface area contributed by atoms with Crippen LogP contribution < -0.4 is 0 Å². The monoisotopic (exact) mass is 243 g/mol. The number of hydrogen-bond donors (Lipinski definition) is 0. The minimum Gasteiger partial charge on any atom is -0.371 e. The predicted molar refractivity (Wildman–Crippen MR) is 62.8 cm³/mol. The highest BCUT2D eigenvalue weighted by Crippen LogP contribution is 2.27. The number of fused-ring (bicyclic) bond motifs is 2. The highest BCUT2D eigenvalue weighted by atomic mass is 16.5. The van der Waals surface area contributed by atoms with E-state index in [0.717, 1.165) is 12.8 Å². The zero-order valence-corrected chi connectivity index (χ0v) is 9.87. The van der Waals surface area contributed by atoms with Gasteiger partial charge in [0.1, 0.15) is 11.8 Å². The zero-order valence-electron chi connectivity index (χ0n) is 9.87. The molecule has 1 aromatic heterocycles. The first kappa shape index (κ1) is 11.2. The lowest BCUT2D eigenvalue weighted by molar-refractivity contribution is -0.0303. The van der Waals surface area contributed by atoms with Gasteiger partial charge in [-0.25, -0.2) is 4.98 Å². The lowest BCUT2D eigenvalue weighted by Gasteiger charge is -2.32. The van der Waals surface area contributed by atoms with Gasteiger partial charge in [0, 0.05) is 24.8 Å². The van der Waals surface area contributed by atoms with Crippen molar-refractivity contribution in [3.63, 3.8) is 0 Å². The van der Waals surface area contributed by atoms with Gasteiger partial charge in [0.2, 0.25) is 0 Å². The van der Waals surface area contributed by atoms with E-state index in [4.69, 9.17) is 10.00 Å². The van der Waals surface area contributed by atoms with Crippen molar-refractivity contribution in [2.24, 2.45) is 0 Å². The number of aromatic nitrogens is 1. The minimum absolute atomic E-state index is 0.0332. The summed E-state index contributed by atoms with van der Waals surface area (Å²) in [6.07, 6.45) is 3.94. The minimum atomic E-state index is -0.0332. The number of pyridine rings is 1. The number of likely N-dealkylation sites (tertiary alicyclic amines) is 1. The molecule has 18 heavy (non-hydrogen) atoms. The third kappa shape index (κ3) is 1.95. The summed E-state index contributed by atoms with van der Waals surface area (Å²) >= 11 is 0. The largest absolute Gasteiger partial charge is 0.371 e. The van der Waals surface area contributed by atoms with Crippen molar-refractivity contribution in [3.05, 3.63) is 29.6 Å². The van der Waals surface area contributed by atoms with Crippen LogP contribution in [-0.4, -0.2) is 41.1 Å². The first-order chi connectivity index (χ1) is 8.76. The van der Waals surface area contributed by atoms with Gasteiger partial charge in [-0.05, 0) is 25.0 Å². The topological polar surface area (TPSA) is 66.2 Å². The van der Waals surface area contributed by atoms with Crippen LogP contribution >= 0.6 is 0 Å². The van der Waals surface area contributed by atoms with Crippen molar-refractivity contribution >= 4 is 5.91 Å². The Bertz CT molecular complexity index is 511. The summed E-state index contributed by atoms with van der Waals surface area (Å²) in [4.78, 5) is 18.0. The molecule has 0 radical (unpaired) electrons. The molecule has 3 rings (SSSR count). The first-order valence-corrected chi connectivity index (χ1v) is 6.07. The Morgan fingerprint density at radius 2 is 2.17 bits per heavy atom. The Kier molecular flexibility index (Phi) is 2.73. The van der Waals surface area contributed by atoms with Gasteiger partial charge in [-0.3, -0.25) is 4.79 Å². The number of hydrogen-bond acceptors (Lipinski definition) is 4. The maximum absolute atomic E-state index is 12.3. The van der Waals surface area contributed by atoms with Crippen molar-refractivity contribution in [1.29, 1.82) is 5.26 Å². The molecule has 2 unspecified atom stereocenters. The first-order valence-electron chi connectivity index (χ1n) is 6.07. The van der Waals surface area contributed by atoms with Crippen LogP contribution in [0, 0.1) is 11.3 Å². The molecule has 2 fully saturated rings. The van der Waals surface area contributed by atoms with Crippen molar-refractivity contribution in [2.75, 3.05) is 13.1 Å². The van der Waals surface area contributed by atoms with Crippen LogP contribution in [0.4, 0.5) is 0 Å². The van der Waals surface area contributed by atoms with Crippen molar-refractivity contribution < 1.29 is 9.53 Å². The van der Waals surface area contributed by atoms with Crippen LogP contribution in [0.25, 0.3) is 0 Å². The van der Waals surface area contributed by atoms with Gasteiger partial charge in [0.05, 0.1) is 12.2 Å². The number of carbonyl (C=O) groups excluding carboxylic acids is 1. The molecule has 0 spiro atoms. The Morgan fingerprint density at radius 3 is 2.83 bits per heavy atom. The molecule has 2 atom stereocenters. The van der Waals surface area contributed by atoms with Gasteiger partial charge in [-0.15, -0.1) is 0 Å². The van der Waals surface area contributed by atoms with Crippen molar-refractivity contribution in [3.8, 4) is 6.07 Å². The number of morpholine rings is 1. The van der Waals surface area contributed by atoms with E-state index in [1.165, 1.54) is 6.20 Å². The van der Waals surface area contributed by atoms with Gasteiger partial charge in [-0.1, -0.05) is 0 Å². The Balaban J connectivity index is 1.80. The summed E-state index contributed by atoms with van der Waals surface area (Å²) in [5.41, 5.74) is 0.805. The second-order valence-corrected chi connectivity index (χ2v) is 4.71. The second kappa shape index (κ2) is 4.39. The van der Waals surface area contributed by atoms with Gasteiger partial charge >= 0.3 is 0 Å². The number of rotatable bonds is 1. The van der Waals surface area contributed by atoms with E-state index in [1.54, 1.807) is 12.1 Å². The van der Waals surface area contributed by atoms with Gasteiger partial charge in [0.25, 0.3) is 5.91 Å². The van der Waals surface area contributed by atoms with Gasteiger partial charge < -0.3 is 9.64 Å². The van der Waals surface area contributed by atoms with Crippen LogP contribution in [0.5, 0.6) is 0 Å². The predicted octanol–water partition coefficient (Wildman–Crippen LogP) is 0.957. The molecule has 0 N–H and O–H groups in total. The summed E-state index contributed by atoms with van der Waals surface area (Å²) < 4.78 is 5.70. The van der Waals surface area contributed by atoms with Crippen molar-refractivity contribution in [2.45, 2.75) is 25.0 Å². The molecule has 2 aliphatic rings. The standard InChI is InChI=1S/C13H13N3O2/c14-6-10-5-9(3-4-15-10)13(17)16-7-11-1-2-12(8-16)18-11/h3-5,11-12H,1-2,7-8H2. The normalized spacial score (nSPS) is 25.8. The van der Waals surface area contributed by atoms with Crippen LogP contribution in [0.2, 0.25) is 0 Å². The molecule has 3 heterocycles. The summed E-state index contributed by atoms with van der Waals surface area (Å²) in [7, 11) is 0. The fourth-order valence-electron chi connectivity index (χ4n) is 2.59. The summed E-state index contributed by atoms with van der Waals surface area (Å²) in [5.74, 6) is -0.0332. The fourth-order valence-corrected chi connectivity index (χ4v) is 2.59. The maximum atomic E-state index is 12.3. The van der Waals surface area contributed by atoms with E-state index in [2.05, 4.69) is 4.98 Å². The van der Waals surface area contributed by atoms with E-state index < -0.39 is 0 Å². The quantitative estimate of drug-likeness (QED) is 0.736. The number of nitriles is 1. The summed E-state index contributed by atoms with van der Waals surface area (Å²) in [6.45, 7) is 1.30. The molecule has 1 aromatic rings. The highest BCUT2D eigenvalue weighted by Gasteiger charge is 2.35. The second-order valence-electron chi connectivity index (χ2n) is 4.71. The average molecular weight is 243 g/mol. The summed E-state index contributed by atoms with van der Waals surface area (Å²) in [6, 6.07) is 5.14. The fraction of sp³-hybridized carbons (Fsp3) is 0.462. The maximum Gasteiger partial charge on any atom is 0.254 e. The van der Waals surface area contributed by atoms with Crippen LogP contribution in [0.1, 0.15) is 28.9 Å². The molecule has 2 saturated heterocycles. The molecular weight excluding hydrogens is 230 g/mol. The van der Waals surface area contributed by atoms with Crippen molar-refractivity contribution in [1.82, 2.24) is 9.88 Å². The summed E-state index contributed by atoms with van der Waals surface area (Å²) in [5, 5.41) is 8.79.